The predicted octanol–water partition coefficient (Wildman–Crippen LogP) is 4.89. The summed E-state index contributed by atoms with van der Waals surface area (Å²) >= 11 is 0. The van der Waals surface area contributed by atoms with Crippen LogP contribution in [0.1, 0.15) is 30.5 Å². The van der Waals surface area contributed by atoms with Crippen LogP contribution in [0.2, 0.25) is 0 Å². The van der Waals surface area contributed by atoms with Gasteiger partial charge in [0.1, 0.15) is 0 Å². The van der Waals surface area contributed by atoms with E-state index in [1.165, 1.54) is 33.0 Å². The highest BCUT2D eigenvalue weighted by Gasteiger charge is 2.56. The maximum atomic E-state index is 2.42. The van der Waals surface area contributed by atoms with Crippen molar-refractivity contribution in [1.82, 2.24) is 0 Å². The summed E-state index contributed by atoms with van der Waals surface area (Å²) < 4.78 is 0. The van der Waals surface area contributed by atoms with Gasteiger partial charge in [-0.05, 0) is 33.0 Å². The minimum Gasteiger partial charge on any atom is -0.0727 e. The summed E-state index contributed by atoms with van der Waals surface area (Å²) in [6, 6.07) is 11.3. The van der Waals surface area contributed by atoms with Gasteiger partial charge in [-0.3, -0.25) is 0 Å². The molecule has 0 heteroatoms. The summed E-state index contributed by atoms with van der Waals surface area (Å²) in [7, 11) is 0. The van der Waals surface area contributed by atoms with Crippen molar-refractivity contribution in [3.05, 3.63) is 76.9 Å². The van der Waals surface area contributed by atoms with Gasteiger partial charge in [-0.25, -0.2) is 0 Å². The number of fused-ring (bicyclic) bond motifs is 1. The standard InChI is InChI=1S/C20H16/c1-19-12-11-15-7-3-6-14-10-9-13-5-4-8-16(19)17(13)18(14)20(15,19)2/h3-12H,1-2H3/t19-,20+/m0/s1. The van der Waals surface area contributed by atoms with Crippen LogP contribution in [0.3, 0.4) is 0 Å². The maximum Gasteiger partial charge on any atom is 0.0315 e. The van der Waals surface area contributed by atoms with Gasteiger partial charge in [0.05, 0.1) is 0 Å². The van der Waals surface area contributed by atoms with Crippen molar-refractivity contribution in [2.75, 3.05) is 0 Å². The van der Waals surface area contributed by atoms with Crippen LogP contribution in [0.5, 0.6) is 0 Å². The van der Waals surface area contributed by atoms with Crippen molar-refractivity contribution in [2.24, 2.45) is 0 Å². The molecule has 0 unspecified atom stereocenters. The van der Waals surface area contributed by atoms with E-state index in [4.69, 9.17) is 0 Å². The molecule has 2 aromatic carbocycles. The summed E-state index contributed by atoms with van der Waals surface area (Å²) in [4.78, 5) is 0. The summed E-state index contributed by atoms with van der Waals surface area (Å²) in [5.74, 6) is 0. The molecule has 0 N–H and O–H groups in total. The molecule has 0 saturated carbocycles. The van der Waals surface area contributed by atoms with Crippen molar-refractivity contribution in [3.8, 4) is 0 Å². The van der Waals surface area contributed by atoms with E-state index in [0.29, 0.717) is 0 Å². The van der Waals surface area contributed by atoms with E-state index in [1.54, 1.807) is 0 Å². The third-order valence-corrected chi connectivity index (χ3v) is 5.90. The molecule has 2 atom stereocenters. The van der Waals surface area contributed by atoms with E-state index in [-0.39, 0.29) is 10.8 Å². The number of allylic oxidation sites excluding steroid dienone is 5. The molecule has 3 aliphatic carbocycles. The molecular formula is C20H16. The minimum absolute atomic E-state index is 0.0784. The highest BCUT2D eigenvalue weighted by atomic mass is 14.6. The zero-order valence-electron chi connectivity index (χ0n) is 11.8. The molecule has 0 aliphatic heterocycles. The van der Waals surface area contributed by atoms with E-state index in [9.17, 15) is 0 Å². The third kappa shape index (κ3) is 0.867. The fourth-order valence-corrected chi connectivity index (χ4v) is 4.64. The monoisotopic (exact) mass is 256 g/mol. The number of benzene rings is 2. The smallest absolute Gasteiger partial charge is 0.0315 e. The Morgan fingerprint density at radius 1 is 0.950 bits per heavy atom. The summed E-state index contributed by atoms with van der Waals surface area (Å²) in [5, 5.41) is 2.86. The fourth-order valence-electron chi connectivity index (χ4n) is 4.64. The zero-order valence-corrected chi connectivity index (χ0v) is 11.8. The van der Waals surface area contributed by atoms with Crippen molar-refractivity contribution in [1.29, 1.82) is 0 Å². The molecule has 0 bridgehead atoms. The van der Waals surface area contributed by atoms with Gasteiger partial charge in [0, 0.05) is 10.8 Å². The maximum absolute atomic E-state index is 2.42. The van der Waals surface area contributed by atoms with E-state index >= 15 is 0 Å². The second-order valence-corrected chi connectivity index (χ2v) is 6.58. The molecule has 0 amide bonds. The van der Waals surface area contributed by atoms with Gasteiger partial charge >= 0.3 is 0 Å². The van der Waals surface area contributed by atoms with Crippen LogP contribution in [-0.4, -0.2) is 0 Å². The Morgan fingerprint density at radius 2 is 1.85 bits per heavy atom. The molecule has 0 fully saturated rings. The Labute approximate surface area is 119 Å². The molecule has 0 radical (unpaired) electrons. The second-order valence-electron chi connectivity index (χ2n) is 6.58. The first-order chi connectivity index (χ1) is 9.66. The van der Waals surface area contributed by atoms with Gasteiger partial charge in [0.15, 0.2) is 0 Å². The normalized spacial score (nSPS) is 31.8. The summed E-state index contributed by atoms with van der Waals surface area (Å²) in [6.07, 6.45) is 11.5. The average Bonchev–Trinajstić information content (AvgIpc) is 2.75. The van der Waals surface area contributed by atoms with Gasteiger partial charge in [-0.15, -0.1) is 0 Å². The first-order valence-corrected chi connectivity index (χ1v) is 7.31. The lowest BCUT2D eigenvalue weighted by Gasteiger charge is -2.37. The molecule has 3 aliphatic rings. The molecule has 0 saturated heterocycles. The molecule has 20 heavy (non-hydrogen) atoms. The highest BCUT2D eigenvalue weighted by molar-refractivity contribution is 5.99. The van der Waals surface area contributed by atoms with Crippen molar-refractivity contribution in [3.63, 3.8) is 0 Å². The lowest BCUT2D eigenvalue weighted by molar-refractivity contribution is 0.413. The molecule has 0 spiro atoms. The number of hydrogen-bond donors (Lipinski definition) is 0. The van der Waals surface area contributed by atoms with Crippen LogP contribution in [-0.2, 0) is 10.8 Å². The van der Waals surface area contributed by atoms with Gasteiger partial charge in [0.2, 0.25) is 0 Å². The van der Waals surface area contributed by atoms with Crippen LogP contribution in [0, 0.1) is 0 Å². The van der Waals surface area contributed by atoms with Crippen LogP contribution in [0.25, 0.3) is 16.8 Å². The predicted molar refractivity (Wildman–Crippen MR) is 84.9 cm³/mol. The van der Waals surface area contributed by atoms with E-state index in [2.05, 4.69) is 74.6 Å². The highest BCUT2D eigenvalue weighted by Crippen LogP contribution is 2.63. The van der Waals surface area contributed by atoms with E-state index in [1.807, 2.05) is 0 Å². The Kier molecular flexibility index (Phi) is 1.59. The van der Waals surface area contributed by atoms with Gasteiger partial charge in [-0.1, -0.05) is 74.6 Å². The zero-order chi connectivity index (χ0) is 13.5. The van der Waals surface area contributed by atoms with Crippen LogP contribution >= 0.6 is 0 Å². The van der Waals surface area contributed by atoms with Crippen LogP contribution < -0.4 is 0 Å². The number of hydrogen-bond acceptors (Lipinski definition) is 0. The minimum atomic E-state index is 0.0784. The molecular weight excluding hydrogens is 240 g/mol. The van der Waals surface area contributed by atoms with Crippen molar-refractivity contribution < 1.29 is 0 Å². The van der Waals surface area contributed by atoms with Gasteiger partial charge in [0.25, 0.3) is 0 Å². The fraction of sp³-hybridized carbons (Fsp3) is 0.200. The molecule has 2 aromatic rings. The topological polar surface area (TPSA) is 0 Å². The van der Waals surface area contributed by atoms with Gasteiger partial charge < -0.3 is 0 Å². The summed E-state index contributed by atoms with van der Waals surface area (Å²) in [6.45, 7) is 4.82. The lowest BCUT2D eigenvalue weighted by atomic mass is 9.64. The van der Waals surface area contributed by atoms with Crippen molar-refractivity contribution in [2.45, 2.75) is 24.7 Å². The van der Waals surface area contributed by atoms with E-state index in [0.717, 1.165) is 0 Å². The molecule has 0 aromatic heterocycles. The molecule has 0 heterocycles. The largest absolute Gasteiger partial charge is 0.0727 e. The van der Waals surface area contributed by atoms with Gasteiger partial charge in [-0.2, -0.15) is 0 Å². The first-order valence-electron chi connectivity index (χ1n) is 7.31. The Hall–Kier alpha value is -2.08. The van der Waals surface area contributed by atoms with Crippen LogP contribution in [0.4, 0.5) is 0 Å². The molecule has 5 rings (SSSR count). The Bertz CT molecular complexity index is 878. The number of rotatable bonds is 0. The lowest BCUT2D eigenvalue weighted by Crippen LogP contribution is -2.37. The van der Waals surface area contributed by atoms with E-state index < -0.39 is 0 Å². The average molecular weight is 256 g/mol. The Morgan fingerprint density at radius 3 is 2.75 bits per heavy atom. The molecule has 0 nitrogen and oxygen atoms in total. The van der Waals surface area contributed by atoms with Crippen LogP contribution in [0.15, 0.2) is 60.2 Å². The third-order valence-electron chi connectivity index (χ3n) is 5.90. The quantitative estimate of drug-likeness (QED) is 0.629. The summed E-state index contributed by atoms with van der Waals surface area (Å²) in [5.41, 5.74) is 6.00. The molecule has 96 valence electrons. The van der Waals surface area contributed by atoms with Crippen molar-refractivity contribution >= 4 is 16.8 Å². The SMILES string of the molecule is C[C@]12C=CC3=CC=Cc4ccc5cccc1c5c4[C@@]32C. The second kappa shape index (κ2) is 2.98. The Balaban J connectivity index is 2.12. The first kappa shape index (κ1) is 10.7.